The van der Waals surface area contributed by atoms with Crippen LogP contribution in [0, 0.1) is 19.8 Å². The molecule has 1 atom stereocenters. The highest BCUT2D eigenvalue weighted by Gasteiger charge is 2.27. The van der Waals surface area contributed by atoms with Gasteiger partial charge in [-0.3, -0.25) is 4.98 Å². The van der Waals surface area contributed by atoms with Crippen molar-refractivity contribution in [3.05, 3.63) is 35.0 Å². The Balaban J connectivity index is 2.09. The van der Waals surface area contributed by atoms with Gasteiger partial charge in [-0.1, -0.05) is 12.1 Å². The minimum atomic E-state index is -0.326. The van der Waals surface area contributed by atoms with Crippen LogP contribution >= 0.6 is 0 Å². The van der Waals surface area contributed by atoms with E-state index in [9.17, 15) is 9.90 Å². The molecular formula is C21H28N2O3. The number of pyridine rings is 1. The maximum atomic E-state index is 12.5. The first-order valence-electron chi connectivity index (χ1n) is 9.43. The molecule has 1 saturated heterocycles. The third kappa shape index (κ3) is 3.40. The van der Waals surface area contributed by atoms with Gasteiger partial charge in [-0.25, -0.2) is 4.79 Å². The number of hydrogen-bond acceptors (Lipinski definition) is 5. The number of nitrogens with zero attached hydrogens (tertiary/aromatic N) is 2. The monoisotopic (exact) mass is 356 g/mol. The summed E-state index contributed by atoms with van der Waals surface area (Å²) >= 11 is 0. The van der Waals surface area contributed by atoms with Gasteiger partial charge in [0, 0.05) is 24.7 Å². The maximum Gasteiger partial charge on any atom is 0.341 e. The Morgan fingerprint density at radius 1 is 1.35 bits per heavy atom. The summed E-state index contributed by atoms with van der Waals surface area (Å²) in [6, 6.07) is 4.14. The molecule has 0 spiro atoms. The van der Waals surface area contributed by atoms with Crippen molar-refractivity contribution in [2.75, 3.05) is 24.6 Å². The molecule has 1 N–H and O–H groups in total. The van der Waals surface area contributed by atoms with Gasteiger partial charge in [-0.2, -0.15) is 0 Å². The first-order valence-corrected chi connectivity index (χ1v) is 9.43. The highest BCUT2D eigenvalue weighted by atomic mass is 16.5. The van der Waals surface area contributed by atoms with Crippen LogP contribution in [0.15, 0.2) is 18.3 Å². The van der Waals surface area contributed by atoms with Gasteiger partial charge in [0.2, 0.25) is 0 Å². The third-order valence-corrected chi connectivity index (χ3v) is 5.57. The van der Waals surface area contributed by atoms with Crippen LogP contribution in [0.4, 0.5) is 5.69 Å². The lowest BCUT2D eigenvalue weighted by atomic mass is 9.91. The predicted molar refractivity (Wildman–Crippen MR) is 104 cm³/mol. The molecule has 5 nitrogen and oxygen atoms in total. The van der Waals surface area contributed by atoms with Crippen LogP contribution in [0.3, 0.4) is 0 Å². The SMILES string of the molecule is CCOC(=O)c1cnc2c(C)c(C)ccc2c1N1CCC(C(C)O)CC1. The average molecular weight is 356 g/mol. The lowest BCUT2D eigenvalue weighted by molar-refractivity contribution is 0.0526. The Morgan fingerprint density at radius 2 is 2.04 bits per heavy atom. The number of hydrogen-bond donors (Lipinski definition) is 1. The largest absolute Gasteiger partial charge is 0.462 e. The first-order chi connectivity index (χ1) is 12.4. The number of aliphatic hydroxyl groups excluding tert-OH is 1. The van der Waals surface area contributed by atoms with Gasteiger partial charge in [-0.05, 0) is 57.6 Å². The van der Waals surface area contributed by atoms with Gasteiger partial charge in [0.05, 0.1) is 23.9 Å². The quantitative estimate of drug-likeness (QED) is 0.848. The predicted octanol–water partition coefficient (Wildman–Crippen LogP) is 3.63. The number of carbonyl (C=O) groups is 1. The lowest BCUT2D eigenvalue weighted by Gasteiger charge is -2.36. The van der Waals surface area contributed by atoms with Crippen molar-refractivity contribution in [2.24, 2.45) is 5.92 Å². The zero-order valence-electron chi connectivity index (χ0n) is 16.1. The fraction of sp³-hybridized carbons (Fsp3) is 0.524. The zero-order valence-corrected chi connectivity index (χ0v) is 16.1. The van der Waals surface area contributed by atoms with E-state index in [4.69, 9.17) is 4.74 Å². The van der Waals surface area contributed by atoms with Crippen molar-refractivity contribution >= 4 is 22.6 Å². The smallest absolute Gasteiger partial charge is 0.341 e. The fourth-order valence-corrected chi connectivity index (χ4v) is 3.80. The van der Waals surface area contributed by atoms with E-state index in [2.05, 4.69) is 35.9 Å². The molecule has 0 radical (unpaired) electrons. The number of ether oxygens (including phenoxy) is 1. The fourth-order valence-electron chi connectivity index (χ4n) is 3.80. The molecule has 2 aromatic rings. The highest BCUT2D eigenvalue weighted by Crippen LogP contribution is 2.35. The molecule has 1 aliphatic heterocycles. The molecule has 5 heteroatoms. The summed E-state index contributed by atoms with van der Waals surface area (Å²) in [5, 5.41) is 10.9. The molecular weight excluding hydrogens is 328 g/mol. The molecule has 3 rings (SSSR count). The molecule has 1 aromatic heterocycles. The summed E-state index contributed by atoms with van der Waals surface area (Å²) in [5.74, 6) is -0.0119. The van der Waals surface area contributed by atoms with E-state index in [1.807, 2.05) is 13.8 Å². The van der Waals surface area contributed by atoms with Crippen molar-refractivity contribution < 1.29 is 14.6 Å². The van der Waals surface area contributed by atoms with Crippen LogP contribution in [0.2, 0.25) is 0 Å². The summed E-state index contributed by atoms with van der Waals surface area (Å²) < 4.78 is 5.28. The molecule has 1 aromatic carbocycles. The molecule has 0 amide bonds. The van der Waals surface area contributed by atoms with E-state index < -0.39 is 0 Å². The number of aryl methyl sites for hydroxylation is 2. The molecule has 2 heterocycles. The maximum absolute atomic E-state index is 12.5. The molecule has 0 saturated carbocycles. The number of rotatable bonds is 4. The van der Waals surface area contributed by atoms with Crippen LogP contribution in [0.5, 0.6) is 0 Å². The van der Waals surface area contributed by atoms with E-state index in [1.165, 1.54) is 5.56 Å². The summed E-state index contributed by atoms with van der Waals surface area (Å²) in [4.78, 5) is 19.4. The van der Waals surface area contributed by atoms with E-state index >= 15 is 0 Å². The van der Waals surface area contributed by atoms with Gasteiger partial charge >= 0.3 is 5.97 Å². The third-order valence-electron chi connectivity index (χ3n) is 5.57. The number of fused-ring (bicyclic) bond motifs is 1. The van der Waals surface area contributed by atoms with E-state index in [0.717, 1.165) is 48.1 Å². The number of carbonyl (C=O) groups excluding carboxylic acids is 1. The summed E-state index contributed by atoms with van der Waals surface area (Å²) in [6.45, 7) is 9.78. The minimum absolute atomic E-state index is 0.291. The summed E-state index contributed by atoms with van der Waals surface area (Å²) in [6.07, 6.45) is 3.19. The second kappa shape index (κ2) is 7.62. The minimum Gasteiger partial charge on any atom is -0.462 e. The van der Waals surface area contributed by atoms with Crippen molar-refractivity contribution in [1.29, 1.82) is 0 Å². The second-order valence-corrected chi connectivity index (χ2v) is 7.21. The van der Waals surface area contributed by atoms with Crippen LogP contribution in [-0.4, -0.2) is 41.9 Å². The van der Waals surface area contributed by atoms with Crippen LogP contribution < -0.4 is 4.90 Å². The summed E-state index contributed by atoms with van der Waals surface area (Å²) in [5.41, 5.74) is 4.70. The van der Waals surface area contributed by atoms with Crippen molar-refractivity contribution in [1.82, 2.24) is 4.98 Å². The molecule has 26 heavy (non-hydrogen) atoms. The Hall–Kier alpha value is -2.14. The highest BCUT2D eigenvalue weighted by molar-refractivity contribution is 6.06. The number of piperidine rings is 1. The van der Waals surface area contributed by atoms with E-state index in [-0.39, 0.29) is 12.1 Å². The molecule has 1 fully saturated rings. The number of aromatic nitrogens is 1. The standard InChI is InChI=1S/C21H28N2O3/c1-5-26-21(25)18-12-22-19-14(3)13(2)6-7-17(19)20(18)23-10-8-16(9-11-23)15(4)24/h6-7,12,15-16,24H,5,8-11H2,1-4H3. The van der Waals surface area contributed by atoms with E-state index in [1.54, 1.807) is 6.20 Å². The van der Waals surface area contributed by atoms with Gasteiger partial charge in [0.1, 0.15) is 5.56 Å². The van der Waals surface area contributed by atoms with Crippen LogP contribution in [0.1, 0.15) is 48.2 Å². The average Bonchev–Trinajstić information content (AvgIpc) is 2.64. The zero-order chi connectivity index (χ0) is 18.8. The van der Waals surface area contributed by atoms with Crippen molar-refractivity contribution in [3.8, 4) is 0 Å². The molecule has 0 aliphatic carbocycles. The van der Waals surface area contributed by atoms with Crippen LogP contribution in [-0.2, 0) is 4.74 Å². The molecule has 1 aliphatic rings. The van der Waals surface area contributed by atoms with Crippen molar-refractivity contribution in [2.45, 2.75) is 46.6 Å². The van der Waals surface area contributed by atoms with Crippen LogP contribution in [0.25, 0.3) is 10.9 Å². The van der Waals surface area contributed by atoms with Crippen molar-refractivity contribution in [3.63, 3.8) is 0 Å². The van der Waals surface area contributed by atoms with Gasteiger partial charge in [-0.15, -0.1) is 0 Å². The Labute approximate surface area is 155 Å². The Morgan fingerprint density at radius 3 is 2.65 bits per heavy atom. The molecule has 0 bridgehead atoms. The van der Waals surface area contributed by atoms with Gasteiger partial charge in [0.25, 0.3) is 0 Å². The number of aliphatic hydroxyl groups is 1. The lowest BCUT2D eigenvalue weighted by Crippen LogP contribution is -2.38. The van der Waals surface area contributed by atoms with E-state index in [0.29, 0.717) is 18.1 Å². The molecule has 140 valence electrons. The topological polar surface area (TPSA) is 62.7 Å². The Bertz CT molecular complexity index is 808. The normalized spacial score (nSPS) is 16.7. The summed E-state index contributed by atoms with van der Waals surface area (Å²) in [7, 11) is 0. The van der Waals surface area contributed by atoms with Gasteiger partial charge < -0.3 is 14.7 Å². The molecule has 1 unspecified atom stereocenters. The first kappa shape index (κ1) is 18.6. The number of anilines is 1. The number of benzene rings is 1. The number of esters is 1. The second-order valence-electron chi connectivity index (χ2n) is 7.21. The van der Waals surface area contributed by atoms with Gasteiger partial charge in [0.15, 0.2) is 0 Å². The Kier molecular flexibility index (Phi) is 5.47.